The standard InChI is InChI=1S/C24H19BrN2O3/c1-15-7-13-18(14-8-15)26-23(28)20-21(16-9-11-17(25)12-10-16)27(30-22(20)24(26)29)19-5-3-2-4-6-19/h2-14,20-22H,1H3/t20-,21+,22+/m0/s1. The zero-order valence-electron chi connectivity index (χ0n) is 16.2. The van der Waals surface area contributed by atoms with Gasteiger partial charge >= 0.3 is 0 Å². The van der Waals surface area contributed by atoms with Gasteiger partial charge in [-0.25, -0.2) is 9.96 Å². The fourth-order valence-electron chi connectivity index (χ4n) is 4.16. The van der Waals surface area contributed by atoms with E-state index in [9.17, 15) is 9.59 Å². The maximum absolute atomic E-state index is 13.5. The first-order chi connectivity index (χ1) is 14.5. The largest absolute Gasteiger partial charge is 0.273 e. The predicted molar refractivity (Wildman–Crippen MR) is 118 cm³/mol. The summed E-state index contributed by atoms with van der Waals surface area (Å²) < 4.78 is 0.947. The third-order valence-electron chi connectivity index (χ3n) is 5.63. The average Bonchev–Trinajstić information content (AvgIpc) is 3.27. The lowest BCUT2D eigenvalue weighted by molar-refractivity contribution is -0.126. The molecule has 0 bridgehead atoms. The Hall–Kier alpha value is -2.96. The van der Waals surface area contributed by atoms with Gasteiger partial charge in [-0.2, -0.15) is 0 Å². The molecule has 0 N–H and O–H groups in total. The van der Waals surface area contributed by atoms with Crippen LogP contribution in [0.3, 0.4) is 0 Å². The molecule has 0 unspecified atom stereocenters. The predicted octanol–water partition coefficient (Wildman–Crippen LogP) is 4.81. The third-order valence-corrected chi connectivity index (χ3v) is 6.16. The number of benzene rings is 3. The number of hydrogen-bond acceptors (Lipinski definition) is 4. The number of fused-ring (bicyclic) bond motifs is 1. The van der Waals surface area contributed by atoms with Crippen molar-refractivity contribution in [1.82, 2.24) is 0 Å². The molecule has 3 atom stereocenters. The maximum Gasteiger partial charge on any atom is 0.266 e. The summed E-state index contributed by atoms with van der Waals surface area (Å²) in [4.78, 5) is 34.1. The van der Waals surface area contributed by atoms with Gasteiger partial charge < -0.3 is 0 Å². The van der Waals surface area contributed by atoms with E-state index in [4.69, 9.17) is 4.84 Å². The molecule has 2 fully saturated rings. The van der Waals surface area contributed by atoms with E-state index >= 15 is 0 Å². The molecule has 3 aromatic carbocycles. The Morgan fingerprint density at radius 2 is 1.47 bits per heavy atom. The Morgan fingerprint density at radius 3 is 2.13 bits per heavy atom. The van der Waals surface area contributed by atoms with Crippen LogP contribution in [-0.2, 0) is 14.4 Å². The molecular formula is C24H19BrN2O3. The van der Waals surface area contributed by atoms with Gasteiger partial charge in [0, 0.05) is 4.47 Å². The summed E-state index contributed by atoms with van der Waals surface area (Å²) in [5.41, 5.74) is 3.37. The van der Waals surface area contributed by atoms with Gasteiger partial charge in [-0.3, -0.25) is 14.4 Å². The van der Waals surface area contributed by atoms with E-state index in [0.717, 1.165) is 21.3 Å². The molecule has 0 spiro atoms. The summed E-state index contributed by atoms with van der Waals surface area (Å²) in [6, 6.07) is 24.4. The summed E-state index contributed by atoms with van der Waals surface area (Å²) in [5, 5.41) is 1.71. The highest BCUT2D eigenvalue weighted by molar-refractivity contribution is 9.10. The molecule has 2 saturated heterocycles. The van der Waals surface area contributed by atoms with Crippen LogP contribution in [0, 0.1) is 12.8 Å². The van der Waals surface area contributed by atoms with Crippen LogP contribution < -0.4 is 9.96 Å². The quantitative estimate of drug-likeness (QED) is 0.524. The van der Waals surface area contributed by atoms with E-state index in [1.165, 1.54) is 4.90 Å². The number of nitrogens with zero attached hydrogens (tertiary/aromatic N) is 2. The minimum atomic E-state index is -0.854. The molecule has 0 aliphatic carbocycles. The number of rotatable bonds is 3. The van der Waals surface area contributed by atoms with Crippen LogP contribution in [0.4, 0.5) is 11.4 Å². The number of carbonyl (C=O) groups excluding carboxylic acids is 2. The topological polar surface area (TPSA) is 49.9 Å². The van der Waals surface area contributed by atoms with Crippen LogP contribution in [0.15, 0.2) is 83.3 Å². The van der Waals surface area contributed by atoms with Gasteiger partial charge in [-0.05, 0) is 48.9 Å². The number of aryl methyl sites for hydroxylation is 1. The molecule has 5 rings (SSSR count). The highest BCUT2D eigenvalue weighted by atomic mass is 79.9. The van der Waals surface area contributed by atoms with Crippen molar-refractivity contribution >= 4 is 39.1 Å². The van der Waals surface area contributed by atoms with Crippen molar-refractivity contribution in [3.05, 3.63) is 94.5 Å². The van der Waals surface area contributed by atoms with Crippen LogP contribution in [0.1, 0.15) is 17.2 Å². The van der Waals surface area contributed by atoms with Crippen molar-refractivity contribution in [2.45, 2.75) is 19.1 Å². The fourth-order valence-corrected chi connectivity index (χ4v) is 4.42. The maximum atomic E-state index is 13.5. The van der Waals surface area contributed by atoms with Crippen LogP contribution in [0.25, 0.3) is 0 Å². The fraction of sp³-hybridized carbons (Fsp3) is 0.167. The van der Waals surface area contributed by atoms with E-state index in [1.807, 2.05) is 73.7 Å². The third kappa shape index (κ3) is 3.04. The minimum absolute atomic E-state index is 0.236. The molecule has 2 amide bonds. The van der Waals surface area contributed by atoms with Gasteiger partial charge in [0.1, 0.15) is 5.92 Å². The summed E-state index contributed by atoms with van der Waals surface area (Å²) >= 11 is 3.46. The smallest absolute Gasteiger partial charge is 0.266 e. The van der Waals surface area contributed by atoms with Crippen molar-refractivity contribution in [3.63, 3.8) is 0 Å². The second-order valence-electron chi connectivity index (χ2n) is 7.56. The van der Waals surface area contributed by atoms with Gasteiger partial charge in [0.2, 0.25) is 5.91 Å². The summed E-state index contributed by atoms with van der Waals surface area (Å²) in [6.45, 7) is 1.97. The molecule has 3 aromatic rings. The Bertz CT molecular complexity index is 1100. The number of carbonyl (C=O) groups is 2. The van der Waals surface area contributed by atoms with Crippen LogP contribution in [0.5, 0.6) is 0 Å². The molecular weight excluding hydrogens is 444 g/mol. The average molecular weight is 463 g/mol. The van der Waals surface area contributed by atoms with Gasteiger partial charge in [-0.15, -0.1) is 0 Å². The van der Waals surface area contributed by atoms with Crippen LogP contribution >= 0.6 is 15.9 Å². The molecule has 6 heteroatoms. The Labute approximate surface area is 183 Å². The van der Waals surface area contributed by atoms with Crippen LogP contribution in [-0.4, -0.2) is 17.9 Å². The van der Waals surface area contributed by atoms with E-state index in [2.05, 4.69) is 15.9 Å². The van der Waals surface area contributed by atoms with Crippen LogP contribution in [0.2, 0.25) is 0 Å². The molecule has 2 aliphatic heterocycles. The van der Waals surface area contributed by atoms with E-state index < -0.39 is 18.1 Å². The van der Waals surface area contributed by atoms with Gasteiger partial charge in [0.25, 0.3) is 5.91 Å². The number of hydrogen-bond donors (Lipinski definition) is 0. The lowest BCUT2D eigenvalue weighted by Gasteiger charge is -2.28. The van der Waals surface area contributed by atoms with E-state index in [1.54, 1.807) is 17.2 Å². The first kappa shape index (κ1) is 19.0. The zero-order valence-corrected chi connectivity index (χ0v) is 17.8. The van der Waals surface area contributed by atoms with Crippen molar-refractivity contribution in [2.75, 3.05) is 9.96 Å². The molecule has 30 heavy (non-hydrogen) atoms. The first-order valence-corrected chi connectivity index (χ1v) is 10.5. The van der Waals surface area contributed by atoms with E-state index in [-0.39, 0.29) is 11.8 Å². The molecule has 2 aliphatic rings. The number of hydroxylamine groups is 1. The molecule has 0 saturated carbocycles. The lowest BCUT2D eigenvalue weighted by atomic mass is 9.90. The summed E-state index contributed by atoms with van der Waals surface area (Å²) in [6.07, 6.45) is -0.854. The monoisotopic (exact) mass is 462 g/mol. The van der Waals surface area contributed by atoms with Crippen molar-refractivity contribution < 1.29 is 14.4 Å². The molecule has 0 aromatic heterocycles. The Balaban J connectivity index is 1.58. The van der Waals surface area contributed by atoms with Crippen molar-refractivity contribution in [2.24, 2.45) is 5.92 Å². The zero-order chi connectivity index (χ0) is 20.8. The first-order valence-electron chi connectivity index (χ1n) is 9.75. The minimum Gasteiger partial charge on any atom is -0.273 e. The number of amides is 2. The van der Waals surface area contributed by atoms with E-state index in [0.29, 0.717) is 5.69 Å². The summed E-state index contributed by atoms with van der Waals surface area (Å²) in [5.74, 6) is -1.19. The highest BCUT2D eigenvalue weighted by Gasteiger charge is 2.60. The number of imide groups is 1. The Kier molecular flexibility index (Phi) is 4.68. The molecule has 5 nitrogen and oxygen atoms in total. The second kappa shape index (κ2) is 7.38. The van der Waals surface area contributed by atoms with Crippen molar-refractivity contribution in [3.8, 4) is 0 Å². The van der Waals surface area contributed by atoms with Gasteiger partial charge in [0.15, 0.2) is 6.10 Å². The Morgan fingerprint density at radius 1 is 0.800 bits per heavy atom. The number of para-hydroxylation sites is 1. The lowest BCUT2D eigenvalue weighted by Crippen LogP contribution is -2.37. The molecule has 2 heterocycles. The molecule has 0 radical (unpaired) electrons. The van der Waals surface area contributed by atoms with Gasteiger partial charge in [-0.1, -0.05) is 64.0 Å². The molecule has 150 valence electrons. The SMILES string of the molecule is Cc1ccc(N2C(=O)[C@H]3[C@@H](c4ccc(Br)cc4)N(c4ccccc4)O[C@H]3C2=O)cc1. The van der Waals surface area contributed by atoms with Gasteiger partial charge in [0.05, 0.1) is 17.4 Å². The highest BCUT2D eigenvalue weighted by Crippen LogP contribution is 2.47. The number of anilines is 2. The van der Waals surface area contributed by atoms with Crippen molar-refractivity contribution in [1.29, 1.82) is 0 Å². The summed E-state index contributed by atoms with van der Waals surface area (Å²) in [7, 11) is 0. The normalized spacial score (nSPS) is 23.2. The second-order valence-corrected chi connectivity index (χ2v) is 8.47. The number of halogens is 1.